The van der Waals surface area contributed by atoms with Gasteiger partial charge in [-0.2, -0.15) is 17.0 Å². The molecule has 0 saturated carbocycles. The lowest BCUT2D eigenvalue weighted by atomic mass is 9.73. The zero-order chi connectivity index (χ0) is 25.8. The third-order valence-corrected chi connectivity index (χ3v) is 9.35. The normalized spacial score (nSPS) is 20.6. The zero-order valence-corrected chi connectivity index (χ0v) is 21.5. The Bertz CT molecular complexity index is 1180. The van der Waals surface area contributed by atoms with E-state index in [4.69, 9.17) is 9.47 Å². The quantitative estimate of drug-likeness (QED) is 0.541. The largest absolute Gasteiger partial charge is 0.496 e. The average Bonchev–Trinajstić information content (AvgIpc) is 3.43. The van der Waals surface area contributed by atoms with Crippen molar-refractivity contribution in [2.75, 3.05) is 40.4 Å². The van der Waals surface area contributed by atoms with Crippen LogP contribution in [0.1, 0.15) is 41.6 Å². The van der Waals surface area contributed by atoms with Crippen LogP contribution in [0.3, 0.4) is 0 Å². The van der Waals surface area contributed by atoms with E-state index >= 15 is 0 Å². The predicted octanol–water partition coefficient (Wildman–Crippen LogP) is 2.34. The average molecular weight is 516 g/mol. The first-order chi connectivity index (χ1) is 17.3. The Morgan fingerprint density at radius 1 is 1.00 bits per heavy atom. The lowest BCUT2D eigenvalue weighted by Crippen LogP contribution is -2.54. The molecule has 0 aromatic heterocycles. The van der Waals surface area contributed by atoms with E-state index in [0.717, 1.165) is 5.56 Å². The Morgan fingerprint density at radius 3 is 2.33 bits per heavy atom. The molecule has 0 spiro atoms. The molecule has 1 atom stereocenters. The van der Waals surface area contributed by atoms with Gasteiger partial charge in [-0.05, 0) is 43.4 Å². The monoisotopic (exact) mass is 515 g/mol. The van der Waals surface area contributed by atoms with Gasteiger partial charge in [0, 0.05) is 31.6 Å². The molecule has 194 valence electrons. The fourth-order valence-corrected chi connectivity index (χ4v) is 7.03. The summed E-state index contributed by atoms with van der Waals surface area (Å²) in [4.78, 5) is 25.2. The van der Waals surface area contributed by atoms with E-state index < -0.39 is 27.6 Å². The molecule has 36 heavy (non-hydrogen) atoms. The zero-order valence-electron chi connectivity index (χ0n) is 20.7. The van der Waals surface area contributed by atoms with Gasteiger partial charge in [-0.25, -0.2) is 0 Å². The van der Waals surface area contributed by atoms with Crippen LogP contribution >= 0.6 is 0 Å². The van der Waals surface area contributed by atoms with Crippen molar-refractivity contribution in [1.82, 2.24) is 13.9 Å². The first-order valence-corrected chi connectivity index (χ1v) is 13.5. The van der Waals surface area contributed by atoms with Crippen molar-refractivity contribution in [2.24, 2.45) is 0 Å². The van der Waals surface area contributed by atoms with E-state index in [0.29, 0.717) is 50.1 Å². The summed E-state index contributed by atoms with van der Waals surface area (Å²) in [6.45, 7) is 1.23. The van der Waals surface area contributed by atoms with Gasteiger partial charge in [0.25, 0.3) is 16.1 Å². The van der Waals surface area contributed by atoms with Gasteiger partial charge in [-0.15, -0.1) is 0 Å². The molecule has 2 aromatic carbocycles. The minimum Gasteiger partial charge on any atom is -0.496 e. The molecule has 9 nitrogen and oxygen atoms in total. The van der Waals surface area contributed by atoms with E-state index in [9.17, 15) is 18.0 Å². The number of para-hydroxylation sites is 1. The Hall–Kier alpha value is -2.95. The molecule has 2 fully saturated rings. The molecule has 0 unspecified atom stereocenters. The van der Waals surface area contributed by atoms with Crippen LogP contribution in [0.4, 0.5) is 0 Å². The SMILES string of the molecule is COC(=O)[C@@H]1CCCN1S(=O)(=O)N1CCC(CNC(=O)c2ccccc2OC)(c2ccccc2)CC1. The van der Waals surface area contributed by atoms with Crippen molar-refractivity contribution < 1.29 is 27.5 Å². The van der Waals surface area contributed by atoms with Gasteiger partial charge in [-0.3, -0.25) is 9.59 Å². The number of esters is 1. The third kappa shape index (κ3) is 5.11. The predicted molar refractivity (Wildman–Crippen MR) is 135 cm³/mol. The Morgan fingerprint density at radius 2 is 1.67 bits per heavy atom. The third-order valence-electron chi connectivity index (χ3n) is 7.30. The molecule has 2 saturated heterocycles. The van der Waals surface area contributed by atoms with Gasteiger partial charge in [0.1, 0.15) is 11.8 Å². The highest BCUT2D eigenvalue weighted by molar-refractivity contribution is 7.86. The smallest absolute Gasteiger partial charge is 0.324 e. The summed E-state index contributed by atoms with van der Waals surface area (Å²) in [6, 6.07) is 16.2. The van der Waals surface area contributed by atoms with Gasteiger partial charge in [0.05, 0.1) is 19.8 Å². The van der Waals surface area contributed by atoms with Gasteiger partial charge in [0.2, 0.25) is 0 Å². The molecule has 0 radical (unpaired) electrons. The van der Waals surface area contributed by atoms with Gasteiger partial charge >= 0.3 is 5.97 Å². The van der Waals surface area contributed by atoms with E-state index in [1.807, 2.05) is 36.4 Å². The van der Waals surface area contributed by atoms with Crippen LogP contribution in [0.2, 0.25) is 0 Å². The number of methoxy groups -OCH3 is 2. The number of nitrogens with one attached hydrogen (secondary N) is 1. The number of rotatable bonds is 8. The molecular weight excluding hydrogens is 482 g/mol. The summed E-state index contributed by atoms with van der Waals surface area (Å²) in [5.41, 5.74) is 1.07. The summed E-state index contributed by atoms with van der Waals surface area (Å²) < 4.78 is 39.8. The second-order valence-corrected chi connectivity index (χ2v) is 11.1. The summed E-state index contributed by atoms with van der Waals surface area (Å²) in [5, 5.41) is 3.06. The number of piperidine rings is 1. The van der Waals surface area contributed by atoms with Crippen molar-refractivity contribution in [3.05, 3.63) is 65.7 Å². The molecule has 1 amide bonds. The van der Waals surface area contributed by atoms with E-state index in [2.05, 4.69) is 5.32 Å². The molecule has 0 bridgehead atoms. The lowest BCUT2D eigenvalue weighted by Gasteiger charge is -2.43. The maximum absolute atomic E-state index is 13.4. The van der Waals surface area contributed by atoms with Crippen LogP contribution in [0.5, 0.6) is 5.75 Å². The fourth-order valence-electron chi connectivity index (χ4n) is 5.22. The van der Waals surface area contributed by atoms with Crippen molar-refractivity contribution in [3.8, 4) is 5.75 Å². The van der Waals surface area contributed by atoms with Crippen LogP contribution in [-0.4, -0.2) is 75.3 Å². The summed E-state index contributed by atoms with van der Waals surface area (Å²) in [7, 11) is -1.02. The second-order valence-electron chi connectivity index (χ2n) is 9.23. The molecule has 4 rings (SSSR count). The number of nitrogens with zero attached hydrogens (tertiary/aromatic N) is 2. The van der Waals surface area contributed by atoms with Gasteiger partial charge < -0.3 is 14.8 Å². The number of hydrogen-bond acceptors (Lipinski definition) is 6. The second kappa shape index (κ2) is 11.0. The highest BCUT2D eigenvalue weighted by atomic mass is 32.2. The summed E-state index contributed by atoms with van der Waals surface area (Å²) >= 11 is 0. The minimum absolute atomic E-state index is 0.240. The number of carbonyl (C=O) groups excluding carboxylic acids is 2. The molecule has 1 N–H and O–H groups in total. The number of benzene rings is 2. The maximum Gasteiger partial charge on any atom is 0.324 e. The summed E-state index contributed by atoms with van der Waals surface area (Å²) in [6.07, 6.45) is 2.14. The van der Waals surface area contributed by atoms with Crippen LogP contribution < -0.4 is 10.1 Å². The molecule has 2 aromatic rings. The van der Waals surface area contributed by atoms with E-state index in [-0.39, 0.29) is 19.0 Å². The van der Waals surface area contributed by atoms with Crippen molar-refractivity contribution in [3.63, 3.8) is 0 Å². The van der Waals surface area contributed by atoms with Crippen molar-refractivity contribution in [1.29, 1.82) is 0 Å². The van der Waals surface area contributed by atoms with Gasteiger partial charge in [-0.1, -0.05) is 42.5 Å². The minimum atomic E-state index is -3.82. The van der Waals surface area contributed by atoms with Crippen LogP contribution in [0.15, 0.2) is 54.6 Å². The molecule has 2 heterocycles. The van der Waals surface area contributed by atoms with Gasteiger partial charge in [0.15, 0.2) is 0 Å². The highest BCUT2D eigenvalue weighted by Crippen LogP contribution is 2.37. The molecule has 2 aliphatic rings. The van der Waals surface area contributed by atoms with Crippen LogP contribution in [-0.2, 0) is 25.2 Å². The number of amides is 1. The number of carbonyl (C=O) groups is 2. The summed E-state index contributed by atoms with van der Waals surface area (Å²) in [5.74, 6) is -0.267. The van der Waals surface area contributed by atoms with Crippen molar-refractivity contribution in [2.45, 2.75) is 37.1 Å². The first kappa shape index (κ1) is 26.1. The Labute approximate surface area is 212 Å². The van der Waals surface area contributed by atoms with Crippen molar-refractivity contribution >= 4 is 22.1 Å². The standard InChI is InChI=1S/C26H33N3O6S/c1-34-23-13-7-6-11-21(23)24(30)27-19-26(20-9-4-3-5-10-20)14-17-28(18-15-26)36(32,33)29-16-8-12-22(29)25(31)35-2/h3-7,9-11,13,22H,8,12,14-19H2,1-2H3,(H,27,30)/t22-/m0/s1. The Balaban J connectivity index is 1.52. The maximum atomic E-state index is 13.4. The number of hydrogen-bond donors (Lipinski definition) is 1. The van der Waals surface area contributed by atoms with Crippen LogP contribution in [0, 0.1) is 0 Å². The van der Waals surface area contributed by atoms with Crippen LogP contribution in [0.25, 0.3) is 0 Å². The highest BCUT2D eigenvalue weighted by Gasteiger charge is 2.45. The van der Waals surface area contributed by atoms with E-state index in [1.54, 1.807) is 18.2 Å². The molecule has 0 aliphatic carbocycles. The molecule has 10 heteroatoms. The lowest BCUT2D eigenvalue weighted by molar-refractivity contribution is -0.144. The molecular formula is C26H33N3O6S. The Kier molecular flexibility index (Phi) is 7.97. The molecule has 2 aliphatic heterocycles. The van der Waals surface area contributed by atoms with E-state index in [1.165, 1.54) is 22.8 Å². The topological polar surface area (TPSA) is 105 Å². The first-order valence-electron chi connectivity index (χ1n) is 12.1. The number of ether oxygens (including phenoxy) is 2. The fraction of sp³-hybridized carbons (Fsp3) is 0.462.